The van der Waals surface area contributed by atoms with E-state index in [2.05, 4.69) is 16.5 Å². The van der Waals surface area contributed by atoms with Crippen molar-refractivity contribution in [1.82, 2.24) is 9.97 Å². The first kappa shape index (κ1) is 9.52. The maximum atomic E-state index is 11.6. The summed E-state index contributed by atoms with van der Waals surface area (Å²) in [6.45, 7) is 5.58. The summed E-state index contributed by atoms with van der Waals surface area (Å²) in [6.07, 6.45) is 3.37. The third kappa shape index (κ3) is 1.64. The fraction of sp³-hybridized carbons (Fsp3) is 0.0833. The molecule has 2 rings (SSSR count). The number of hydrogen-bond donors (Lipinski definition) is 2. The molecule has 0 saturated carbocycles. The molecule has 3 heteroatoms. The van der Waals surface area contributed by atoms with Crippen LogP contribution in [0, 0.1) is 6.92 Å². The van der Waals surface area contributed by atoms with E-state index in [-0.39, 0.29) is 5.56 Å². The third-order valence-corrected chi connectivity index (χ3v) is 2.37. The van der Waals surface area contributed by atoms with E-state index in [1.54, 1.807) is 12.3 Å². The highest BCUT2D eigenvalue weighted by Crippen LogP contribution is 2.18. The Bertz CT molecular complexity index is 549. The van der Waals surface area contributed by atoms with Gasteiger partial charge in [-0.25, -0.2) is 0 Å². The first-order valence-corrected chi connectivity index (χ1v) is 4.72. The second-order valence-electron chi connectivity index (χ2n) is 3.40. The average Bonchev–Trinajstić information content (AvgIpc) is 2.66. The topological polar surface area (TPSA) is 48.6 Å². The summed E-state index contributed by atoms with van der Waals surface area (Å²) < 4.78 is 0. The van der Waals surface area contributed by atoms with Crippen LogP contribution in [0.25, 0.3) is 17.3 Å². The largest absolute Gasteiger partial charge is 0.355 e. The second-order valence-corrected chi connectivity index (χ2v) is 3.40. The lowest BCUT2D eigenvalue weighted by Gasteiger charge is -2.00. The molecule has 2 heterocycles. The van der Waals surface area contributed by atoms with E-state index in [1.807, 2.05) is 25.1 Å². The van der Waals surface area contributed by atoms with Gasteiger partial charge in [-0.1, -0.05) is 6.58 Å². The van der Waals surface area contributed by atoms with Crippen molar-refractivity contribution in [3.05, 3.63) is 52.6 Å². The Labute approximate surface area is 87.5 Å². The monoisotopic (exact) mass is 200 g/mol. The Balaban J connectivity index is 2.63. The Morgan fingerprint density at radius 2 is 2.13 bits per heavy atom. The summed E-state index contributed by atoms with van der Waals surface area (Å²) in [5.74, 6) is 0. The minimum absolute atomic E-state index is 0.0764. The number of hydrogen-bond acceptors (Lipinski definition) is 1. The zero-order valence-corrected chi connectivity index (χ0v) is 8.50. The predicted molar refractivity (Wildman–Crippen MR) is 61.7 cm³/mol. The smallest absolute Gasteiger partial charge is 0.257 e. The summed E-state index contributed by atoms with van der Waals surface area (Å²) in [5.41, 5.74) is 3.30. The van der Waals surface area contributed by atoms with Gasteiger partial charge >= 0.3 is 0 Å². The van der Waals surface area contributed by atoms with Crippen molar-refractivity contribution in [3.8, 4) is 11.3 Å². The molecule has 0 aliphatic rings. The fourth-order valence-electron chi connectivity index (χ4n) is 1.59. The van der Waals surface area contributed by atoms with E-state index >= 15 is 0 Å². The molecule has 0 unspecified atom stereocenters. The third-order valence-electron chi connectivity index (χ3n) is 2.37. The summed E-state index contributed by atoms with van der Waals surface area (Å²) in [6, 6.07) is 5.66. The molecule has 3 nitrogen and oxygen atoms in total. The van der Waals surface area contributed by atoms with Crippen molar-refractivity contribution in [2.75, 3.05) is 0 Å². The highest BCUT2D eigenvalue weighted by Gasteiger charge is 2.07. The molecule has 0 radical (unpaired) electrons. The Hall–Kier alpha value is -2.03. The van der Waals surface area contributed by atoms with Crippen LogP contribution >= 0.6 is 0 Å². The van der Waals surface area contributed by atoms with Crippen LogP contribution in [0.2, 0.25) is 0 Å². The number of pyridine rings is 1. The molecule has 0 spiro atoms. The van der Waals surface area contributed by atoms with Crippen LogP contribution in [0.4, 0.5) is 0 Å². The van der Waals surface area contributed by atoms with Gasteiger partial charge in [-0.05, 0) is 36.8 Å². The molecule has 15 heavy (non-hydrogen) atoms. The van der Waals surface area contributed by atoms with E-state index in [0.717, 1.165) is 17.0 Å². The number of rotatable bonds is 2. The maximum absolute atomic E-state index is 11.6. The Morgan fingerprint density at radius 1 is 1.33 bits per heavy atom. The van der Waals surface area contributed by atoms with E-state index in [0.29, 0.717) is 5.56 Å². The summed E-state index contributed by atoms with van der Waals surface area (Å²) >= 11 is 0. The van der Waals surface area contributed by atoms with Crippen LogP contribution in [-0.2, 0) is 0 Å². The zero-order valence-electron chi connectivity index (χ0n) is 8.50. The minimum atomic E-state index is -0.0764. The lowest BCUT2D eigenvalue weighted by molar-refractivity contribution is 1.20. The van der Waals surface area contributed by atoms with Gasteiger partial charge in [0.05, 0.1) is 11.3 Å². The standard InChI is InChI=1S/C12H12N2O/c1-3-9-4-5-10(14-9)11-8(2)6-7-13-12(11)15/h3-7,14H,1H2,2H3,(H,13,15). The minimum Gasteiger partial charge on any atom is -0.355 e. The maximum Gasteiger partial charge on any atom is 0.257 e. The van der Waals surface area contributed by atoms with Crippen LogP contribution in [0.1, 0.15) is 11.3 Å². The van der Waals surface area contributed by atoms with Gasteiger partial charge in [-0.2, -0.15) is 0 Å². The molecule has 0 aliphatic carbocycles. The van der Waals surface area contributed by atoms with Gasteiger partial charge in [0.2, 0.25) is 0 Å². The molecule has 0 aromatic carbocycles. The van der Waals surface area contributed by atoms with E-state index in [9.17, 15) is 4.79 Å². The highest BCUT2D eigenvalue weighted by molar-refractivity contribution is 5.64. The van der Waals surface area contributed by atoms with Gasteiger partial charge in [0.15, 0.2) is 0 Å². The zero-order chi connectivity index (χ0) is 10.8. The van der Waals surface area contributed by atoms with Crippen molar-refractivity contribution in [2.45, 2.75) is 6.92 Å². The fourth-order valence-corrected chi connectivity index (χ4v) is 1.59. The molecule has 2 aromatic heterocycles. The van der Waals surface area contributed by atoms with E-state index in [4.69, 9.17) is 0 Å². The average molecular weight is 200 g/mol. The summed E-state index contributed by atoms with van der Waals surface area (Å²) in [4.78, 5) is 17.4. The van der Waals surface area contributed by atoms with Gasteiger partial charge in [-0.15, -0.1) is 0 Å². The Morgan fingerprint density at radius 3 is 2.73 bits per heavy atom. The van der Waals surface area contributed by atoms with Crippen LogP contribution in [0.15, 0.2) is 35.8 Å². The van der Waals surface area contributed by atoms with Crippen molar-refractivity contribution in [2.24, 2.45) is 0 Å². The SMILES string of the molecule is C=Cc1ccc(-c2c(C)cc[nH]c2=O)[nH]1. The van der Waals surface area contributed by atoms with Crippen molar-refractivity contribution >= 4 is 6.08 Å². The quantitative estimate of drug-likeness (QED) is 0.767. The molecule has 76 valence electrons. The first-order valence-electron chi connectivity index (χ1n) is 4.72. The highest BCUT2D eigenvalue weighted by atomic mass is 16.1. The number of aromatic nitrogens is 2. The van der Waals surface area contributed by atoms with Crippen molar-refractivity contribution in [3.63, 3.8) is 0 Å². The van der Waals surface area contributed by atoms with Crippen molar-refractivity contribution < 1.29 is 0 Å². The van der Waals surface area contributed by atoms with Crippen molar-refractivity contribution in [1.29, 1.82) is 0 Å². The predicted octanol–water partition coefficient (Wildman–Crippen LogP) is 2.32. The normalized spacial score (nSPS) is 10.2. The summed E-state index contributed by atoms with van der Waals surface area (Å²) in [7, 11) is 0. The van der Waals surface area contributed by atoms with Gasteiger partial charge in [0, 0.05) is 11.9 Å². The molecule has 2 N–H and O–H groups in total. The molecular formula is C12H12N2O. The number of aryl methyl sites for hydroxylation is 1. The summed E-state index contributed by atoms with van der Waals surface area (Å²) in [5, 5.41) is 0. The molecular weight excluding hydrogens is 188 g/mol. The van der Waals surface area contributed by atoms with Crippen LogP contribution < -0.4 is 5.56 Å². The van der Waals surface area contributed by atoms with Gasteiger partial charge in [0.25, 0.3) is 5.56 Å². The Kier molecular flexibility index (Phi) is 2.29. The van der Waals surface area contributed by atoms with E-state index < -0.39 is 0 Å². The van der Waals surface area contributed by atoms with E-state index in [1.165, 1.54) is 0 Å². The van der Waals surface area contributed by atoms with Crippen LogP contribution in [-0.4, -0.2) is 9.97 Å². The second kappa shape index (κ2) is 3.61. The lowest BCUT2D eigenvalue weighted by atomic mass is 10.1. The first-order chi connectivity index (χ1) is 7.22. The van der Waals surface area contributed by atoms with Gasteiger partial charge < -0.3 is 9.97 Å². The van der Waals surface area contributed by atoms with Crippen LogP contribution in [0.5, 0.6) is 0 Å². The molecule has 0 saturated heterocycles. The van der Waals surface area contributed by atoms with Crippen LogP contribution in [0.3, 0.4) is 0 Å². The molecule has 0 fully saturated rings. The number of H-pyrrole nitrogens is 2. The molecule has 0 amide bonds. The van der Waals surface area contributed by atoms with Gasteiger partial charge in [0.1, 0.15) is 0 Å². The molecule has 0 bridgehead atoms. The molecule has 2 aromatic rings. The number of nitrogens with one attached hydrogen (secondary N) is 2. The van der Waals surface area contributed by atoms with Gasteiger partial charge in [-0.3, -0.25) is 4.79 Å². The lowest BCUT2D eigenvalue weighted by Crippen LogP contribution is -2.09. The molecule has 0 atom stereocenters. The number of aromatic amines is 2. The molecule has 0 aliphatic heterocycles.